The van der Waals surface area contributed by atoms with Gasteiger partial charge in [0.25, 0.3) is 0 Å². The zero-order chi connectivity index (χ0) is 14.1. The molecule has 4 nitrogen and oxygen atoms in total. The van der Waals surface area contributed by atoms with Crippen LogP contribution in [0.15, 0.2) is 47.1 Å². The fourth-order valence-corrected chi connectivity index (χ4v) is 3.13. The van der Waals surface area contributed by atoms with Crippen LogP contribution in [0.25, 0.3) is 11.0 Å². The van der Waals surface area contributed by atoms with Crippen LogP contribution in [0, 0.1) is 5.92 Å². The fourth-order valence-electron chi connectivity index (χ4n) is 3.13. The Morgan fingerprint density at radius 1 is 1.33 bits per heavy atom. The van der Waals surface area contributed by atoms with Gasteiger partial charge in [-0.1, -0.05) is 18.2 Å². The lowest BCUT2D eigenvalue weighted by molar-refractivity contribution is 0.342. The van der Waals surface area contributed by atoms with E-state index in [1.807, 2.05) is 24.4 Å². The van der Waals surface area contributed by atoms with Gasteiger partial charge >= 0.3 is 0 Å². The van der Waals surface area contributed by atoms with E-state index in [0.29, 0.717) is 5.92 Å². The summed E-state index contributed by atoms with van der Waals surface area (Å²) < 4.78 is 8.10. The number of aryl methyl sites for hydroxylation is 1. The van der Waals surface area contributed by atoms with Crippen molar-refractivity contribution < 1.29 is 4.42 Å². The molecule has 0 bridgehead atoms. The van der Waals surface area contributed by atoms with Crippen LogP contribution in [-0.2, 0) is 19.5 Å². The number of furan rings is 1. The minimum atomic E-state index is 0.677. The second-order valence-corrected chi connectivity index (χ2v) is 5.78. The number of imidazole rings is 1. The van der Waals surface area contributed by atoms with Gasteiger partial charge < -0.3 is 14.3 Å². The summed E-state index contributed by atoms with van der Waals surface area (Å²) in [5, 5.41) is 4.70. The second kappa shape index (κ2) is 5.37. The molecule has 0 radical (unpaired) electrons. The SMILES string of the molecule is c1ccc2oc(CNC[C@@H]3CCc4nccn4C3)cc2c1. The molecule has 0 unspecified atom stereocenters. The van der Waals surface area contributed by atoms with E-state index in [2.05, 4.69) is 33.2 Å². The number of benzene rings is 1. The van der Waals surface area contributed by atoms with Crippen LogP contribution in [0.3, 0.4) is 0 Å². The third kappa shape index (κ3) is 2.59. The van der Waals surface area contributed by atoms with Gasteiger partial charge in [-0.15, -0.1) is 0 Å². The lowest BCUT2D eigenvalue weighted by atomic mass is 9.99. The second-order valence-electron chi connectivity index (χ2n) is 5.78. The maximum absolute atomic E-state index is 5.82. The summed E-state index contributed by atoms with van der Waals surface area (Å²) in [5.41, 5.74) is 0.968. The van der Waals surface area contributed by atoms with Crippen molar-refractivity contribution in [1.29, 1.82) is 0 Å². The Kier molecular flexibility index (Phi) is 3.24. The van der Waals surface area contributed by atoms with Crippen molar-refractivity contribution >= 4 is 11.0 Å². The van der Waals surface area contributed by atoms with E-state index < -0.39 is 0 Å². The van der Waals surface area contributed by atoms with E-state index in [9.17, 15) is 0 Å². The van der Waals surface area contributed by atoms with E-state index >= 15 is 0 Å². The Morgan fingerprint density at radius 3 is 3.24 bits per heavy atom. The molecule has 0 saturated heterocycles. The number of fused-ring (bicyclic) bond motifs is 2. The van der Waals surface area contributed by atoms with Gasteiger partial charge in [-0.25, -0.2) is 4.98 Å². The molecule has 0 fully saturated rings. The van der Waals surface area contributed by atoms with E-state index in [1.54, 1.807) is 0 Å². The van der Waals surface area contributed by atoms with Crippen molar-refractivity contribution in [3.8, 4) is 0 Å². The Morgan fingerprint density at radius 2 is 2.29 bits per heavy atom. The molecule has 0 spiro atoms. The third-order valence-corrected chi connectivity index (χ3v) is 4.24. The topological polar surface area (TPSA) is 43.0 Å². The Balaban J connectivity index is 1.33. The van der Waals surface area contributed by atoms with Crippen molar-refractivity contribution in [3.63, 3.8) is 0 Å². The van der Waals surface area contributed by atoms with Crippen molar-refractivity contribution in [3.05, 3.63) is 54.3 Å². The summed E-state index contributed by atoms with van der Waals surface area (Å²) in [5.74, 6) is 2.91. The average Bonchev–Trinajstić information content (AvgIpc) is 3.12. The zero-order valence-corrected chi connectivity index (χ0v) is 12.0. The Hall–Kier alpha value is -2.07. The number of aromatic nitrogens is 2. The molecule has 0 aliphatic carbocycles. The van der Waals surface area contributed by atoms with Crippen molar-refractivity contribution in [2.24, 2.45) is 5.92 Å². The summed E-state index contributed by atoms with van der Waals surface area (Å²) in [6.07, 6.45) is 6.29. The predicted molar refractivity (Wildman–Crippen MR) is 82.0 cm³/mol. The van der Waals surface area contributed by atoms with E-state index in [0.717, 1.165) is 37.4 Å². The molecule has 4 rings (SSSR count). The Labute approximate surface area is 123 Å². The first kappa shape index (κ1) is 12.7. The molecule has 0 saturated carbocycles. The van der Waals surface area contributed by atoms with Crippen molar-refractivity contribution in [1.82, 2.24) is 14.9 Å². The van der Waals surface area contributed by atoms with Gasteiger partial charge in [0, 0.05) is 37.3 Å². The van der Waals surface area contributed by atoms with Crippen LogP contribution in [0.1, 0.15) is 18.0 Å². The van der Waals surface area contributed by atoms with Gasteiger partial charge in [0.05, 0.1) is 6.54 Å². The highest BCUT2D eigenvalue weighted by molar-refractivity contribution is 5.77. The molecule has 108 valence electrons. The standard InChI is InChI=1S/C17H19N3O/c1-2-4-16-14(3-1)9-15(21-16)11-18-10-13-5-6-17-19-7-8-20(17)12-13/h1-4,7-9,13,18H,5-6,10-12H2/t13-/m0/s1. The number of nitrogens with one attached hydrogen (secondary N) is 1. The lowest BCUT2D eigenvalue weighted by Gasteiger charge is -2.23. The van der Waals surface area contributed by atoms with Gasteiger partial charge in [0.1, 0.15) is 17.2 Å². The first-order valence-electron chi connectivity index (χ1n) is 7.57. The van der Waals surface area contributed by atoms with Crippen LogP contribution in [0.4, 0.5) is 0 Å². The van der Waals surface area contributed by atoms with Crippen LogP contribution in [0.5, 0.6) is 0 Å². The van der Waals surface area contributed by atoms with E-state index in [1.165, 1.54) is 17.6 Å². The molecular formula is C17H19N3O. The van der Waals surface area contributed by atoms with Gasteiger partial charge in [-0.2, -0.15) is 0 Å². The normalized spacial score (nSPS) is 18.0. The van der Waals surface area contributed by atoms with Crippen LogP contribution < -0.4 is 5.32 Å². The Bertz CT molecular complexity index is 710. The molecule has 1 N–H and O–H groups in total. The maximum atomic E-state index is 5.82. The first-order chi connectivity index (χ1) is 10.4. The summed E-state index contributed by atoms with van der Waals surface area (Å²) in [7, 11) is 0. The fraction of sp³-hybridized carbons (Fsp3) is 0.353. The molecule has 4 heteroatoms. The number of para-hydroxylation sites is 1. The van der Waals surface area contributed by atoms with E-state index in [-0.39, 0.29) is 0 Å². The van der Waals surface area contributed by atoms with Crippen LogP contribution >= 0.6 is 0 Å². The maximum Gasteiger partial charge on any atom is 0.134 e. The summed E-state index contributed by atoms with van der Waals surface area (Å²) in [6, 6.07) is 10.3. The van der Waals surface area contributed by atoms with Gasteiger partial charge in [0.2, 0.25) is 0 Å². The molecular weight excluding hydrogens is 262 g/mol. The molecule has 0 amide bonds. The molecule has 3 heterocycles. The van der Waals surface area contributed by atoms with Gasteiger partial charge in [-0.05, 0) is 24.5 Å². The molecule has 1 aromatic carbocycles. The third-order valence-electron chi connectivity index (χ3n) is 4.24. The number of hydrogen-bond donors (Lipinski definition) is 1. The highest BCUT2D eigenvalue weighted by Gasteiger charge is 2.18. The highest BCUT2D eigenvalue weighted by atomic mass is 16.3. The highest BCUT2D eigenvalue weighted by Crippen LogP contribution is 2.20. The zero-order valence-electron chi connectivity index (χ0n) is 12.0. The number of rotatable bonds is 4. The minimum Gasteiger partial charge on any atom is -0.460 e. The van der Waals surface area contributed by atoms with Crippen molar-refractivity contribution in [2.75, 3.05) is 6.54 Å². The molecule has 2 aromatic heterocycles. The number of nitrogens with zero attached hydrogens (tertiary/aromatic N) is 2. The molecule has 1 aliphatic heterocycles. The van der Waals surface area contributed by atoms with E-state index in [4.69, 9.17) is 4.42 Å². The molecule has 1 atom stereocenters. The smallest absolute Gasteiger partial charge is 0.134 e. The largest absolute Gasteiger partial charge is 0.460 e. The summed E-state index contributed by atoms with van der Waals surface area (Å²) >= 11 is 0. The van der Waals surface area contributed by atoms with Gasteiger partial charge in [0.15, 0.2) is 0 Å². The lowest BCUT2D eigenvalue weighted by Crippen LogP contribution is -2.29. The van der Waals surface area contributed by atoms with Crippen LogP contribution in [-0.4, -0.2) is 16.1 Å². The molecule has 3 aromatic rings. The minimum absolute atomic E-state index is 0.677. The van der Waals surface area contributed by atoms with Crippen LogP contribution in [0.2, 0.25) is 0 Å². The monoisotopic (exact) mass is 281 g/mol. The average molecular weight is 281 g/mol. The predicted octanol–water partition coefficient (Wildman–Crippen LogP) is 2.98. The van der Waals surface area contributed by atoms with Gasteiger partial charge in [-0.3, -0.25) is 0 Å². The molecule has 21 heavy (non-hydrogen) atoms. The van der Waals surface area contributed by atoms with Crippen molar-refractivity contribution in [2.45, 2.75) is 25.9 Å². The first-order valence-corrected chi connectivity index (χ1v) is 7.57. The number of hydrogen-bond acceptors (Lipinski definition) is 3. The molecule has 1 aliphatic rings. The summed E-state index contributed by atoms with van der Waals surface area (Å²) in [4.78, 5) is 4.37. The summed E-state index contributed by atoms with van der Waals surface area (Å²) in [6.45, 7) is 2.89. The quantitative estimate of drug-likeness (QED) is 0.799.